The van der Waals surface area contributed by atoms with Crippen LogP contribution in [-0.2, 0) is 0 Å². The normalized spacial score (nSPS) is 10.6. The first-order valence-corrected chi connectivity index (χ1v) is 5.16. The summed E-state index contributed by atoms with van der Waals surface area (Å²) in [6.07, 6.45) is 2.39. The molecule has 1 aromatic rings. The van der Waals surface area contributed by atoms with E-state index < -0.39 is 0 Å². The quantitative estimate of drug-likeness (QED) is 0.751. The van der Waals surface area contributed by atoms with E-state index in [-0.39, 0.29) is 5.28 Å². The van der Waals surface area contributed by atoms with Gasteiger partial charge in [-0.3, -0.25) is 0 Å². The van der Waals surface area contributed by atoms with Gasteiger partial charge in [0.2, 0.25) is 11.2 Å². The van der Waals surface area contributed by atoms with E-state index in [0.717, 1.165) is 6.42 Å². The Labute approximate surface area is 93.4 Å². The van der Waals surface area contributed by atoms with E-state index in [0.29, 0.717) is 23.4 Å². The lowest BCUT2D eigenvalue weighted by molar-refractivity contribution is 0.279. The molecule has 0 aliphatic heterocycles. The molecular weight excluding hydrogens is 223 g/mol. The molecule has 0 aliphatic rings. The third-order valence-corrected chi connectivity index (χ3v) is 2.06. The minimum absolute atomic E-state index is 0.147. The zero-order valence-corrected chi connectivity index (χ0v) is 9.64. The summed E-state index contributed by atoms with van der Waals surface area (Å²) in [5, 5.41) is 0.534. The molecule has 0 aromatic carbocycles. The molecule has 0 bridgehead atoms. The second-order valence-electron chi connectivity index (χ2n) is 3.32. The fraction of sp³-hybridized carbons (Fsp3) is 0.556. The summed E-state index contributed by atoms with van der Waals surface area (Å²) in [7, 11) is 0. The predicted molar refractivity (Wildman–Crippen MR) is 57.0 cm³/mol. The average Bonchev–Trinajstić information content (AvgIpc) is 2.10. The van der Waals surface area contributed by atoms with E-state index in [4.69, 9.17) is 27.9 Å². The van der Waals surface area contributed by atoms with Crippen LogP contribution >= 0.6 is 23.2 Å². The Balaban J connectivity index is 2.53. The van der Waals surface area contributed by atoms with E-state index in [9.17, 15) is 0 Å². The van der Waals surface area contributed by atoms with Gasteiger partial charge < -0.3 is 4.74 Å². The first-order valence-electron chi connectivity index (χ1n) is 4.40. The van der Waals surface area contributed by atoms with Gasteiger partial charge in [0, 0.05) is 0 Å². The Morgan fingerprint density at radius 1 is 1.43 bits per heavy atom. The standard InChI is InChI=1S/C9H12Cl2N2O/c1-6(2)3-4-14-8-7(10)5-12-9(11)13-8/h5-6H,3-4H2,1-2H3. The van der Waals surface area contributed by atoms with Gasteiger partial charge in [-0.2, -0.15) is 4.98 Å². The van der Waals surface area contributed by atoms with Gasteiger partial charge in [0.25, 0.3) is 0 Å². The Hall–Kier alpha value is -0.540. The zero-order chi connectivity index (χ0) is 10.6. The Bertz CT molecular complexity index is 305. The van der Waals surface area contributed by atoms with Gasteiger partial charge in [-0.15, -0.1) is 0 Å². The van der Waals surface area contributed by atoms with Crippen LogP contribution in [0.4, 0.5) is 0 Å². The lowest BCUT2D eigenvalue weighted by Crippen LogP contribution is -2.03. The van der Waals surface area contributed by atoms with E-state index >= 15 is 0 Å². The number of ether oxygens (including phenoxy) is 1. The van der Waals surface area contributed by atoms with Crippen molar-refractivity contribution >= 4 is 23.2 Å². The summed E-state index contributed by atoms with van der Waals surface area (Å²) in [5.41, 5.74) is 0. The molecule has 5 heteroatoms. The second kappa shape index (κ2) is 5.37. The Kier molecular flexibility index (Phi) is 4.42. The van der Waals surface area contributed by atoms with Crippen molar-refractivity contribution in [3.05, 3.63) is 16.5 Å². The topological polar surface area (TPSA) is 35.0 Å². The number of hydrogen-bond donors (Lipinski definition) is 0. The smallest absolute Gasteiger partial charge is 0.237 e. The maximum absolute atomic E-state index is 5.80. The number of rotatable bonds is 4. The van der Waals surface area contributed by atoms with Crippen LogP contribution in [0.3, 0.4) is 0 Å². The van der Waals surface area contributed by atoms with Gasteiger partial charge in [0.05, 0.1) is 12.8 Å². The lowest BCUT2D eigenvalue weighted by Gasteiger charge is -2.07. The molecule has 1 rings (SSSR count). The van der Waals surface area contributed by atoms with Crippen molar-refractivity contribution in [1.29, 1.82) is 0 Å². The molecule has 0 amide bonds. The number of halogens is 2. The summed E-state index contributed by atoms with van der Waals surface area (Å²) >= 11 is 11.4. The minimum atomic E-state index is 0.147. The molecule has 0 atom stereocenters. The van der Waals surface area contributed by atoms with E-state index in [1.807, 2.05) is 0 Å². The average molecular weight is 235 g/mol. The number of nitrogens with zero attached hydrogens (tertiary/aromatic N) is 2. The van der Waals surface area contributed by atoms with Crippen LogP contribution in [0.1, 0.15) is 20.3 Å². The maximum Gasteiger partial charge on any atom is 0.237 e. The first kappa shape index (κ1) is 11.5. The second-order valence-corrected chi connectivity index (χ2v) is 4.07. The monoisotopic (exact) mass is 234 g/mol. The van der Waals surface area contributed by atoms with Crippen LogP contribution in [0.15, 0.2) is 6.20 Å². The van der Waals surface area contributed by atoms with Gasteiger partial charge in [-0.1, -0.05) is 25.4 Å². The van der Waals surface area contributed by atoms with Crippen LogP contribution in [0, 0.1) is 5.92 Å². The maximum atomic E-state index is 5.80. The molecule has 0 radical (unpaired) electrons. The molecule has 0 spiro atoms. The Morgan fingerprint density at radius 3 is 2.79 bits per heavy atom. The summed E-state index contributed by atoms with van der Waals surface area (Å²) in [5.74, 6) is 0.943. The number of hydrogen-bond acceptors (Lipinski definition) is 3. The predicted octanol–water partition coefficient (Wildman–Crippen LogP) is 3.21. The third kappa shape index (κ3) is 3.68. The van der Waals surface area contributed by atoms with Crippen LogP contribution in [0.5, 0.6) is 5.88 Å². The molecule has 0 unspecified atom stereocenters. The third-order valence-electron chi connectivity index (χ3n) is 1.62. The van der Waals surface area contributed by atoms with Gasteiger partial charge in [0.1, 0.15) is 5.02 Å². The van der Waals surface area contributed by atoms with Gasteiger partial charge in [0.15, 0.2) is 0 Å². The van der Waals surface area contributed by atoms with Crippen LogP contribution in [0.25, 0.3) is 0 Å². The largest absolute Gasteiger partial charge is 0.476 e. The molecule has 0 saturated heterocycles. The van der Waals surface area contributed by atoms with Crippen molar-refractivity contribution in [2.75, 3.05) is 6.61 Å². The van der Waals surface area contributed by atoms with Crippen molar-refractivity contribution in [1.82, 2.24) is 9.97 Å². The summed E-state index contributed by atoms with van der Waals surface area (Å²) in [6, 6.07) is 0. The van der Waals surface area contributed by atoms with Crippen molar-refractivity contribution in [2.45, 2.75) is 20.3 Å². The molecule has 1 aromatic heterocycles. The van der Waals surface area contributed by atoms with E-state index in [1.165, 1.54) is 6.20 Å². The molecule has 0 saturated carbocycles. The van der Waals surface area contributed by atoms with Crippen molar-refractivity contribution in [3.63, 3.8) is 0 Å². The van der Waals surface area contributed by atoms with E-state index in [2.05, 4.69) is 23.8 Å². The van der Waals surface area contributed by atoms with Crippen molar-refractivity contribution in [3.8, 4) is 5.88 Å². The van der Waals surface area contributed by atoms with Gasteiger partial charge >= 0.3 is 0 Å². The highest BCUT2D eigenvalue weighted by atomic mass is 35.5. The molecule has 0 aliphatic carbocycles. The SMILES string of the molecule is CC(C)CCOc1nc(Cl)ncc1Cl. The molecule has 78 valence electrons. The van der Waals surface area contributed by atoms with Crippen molar-refractivity contribution < 1.29 is 4.74 Å². The molecule has 1 heterocycles. The lowest BCUT2D eigenvalue weighted by atomic mass is 10.1. The first-order chi connectivity index (χ1) is 6.59. The summed E-state index contributed by atoms with van der Waals surface area (Å²) < 4.78 is 5.36. The molecule has 14 heavy (non-hydrogen) atoms. The molecule has 0 fully saturated rings. The van der Waals surface area contributed by atoms with Crippen LogP contribution in [-0.4, -0.2) is 16.6 Å². The molecule has 3 nitrogen and oxygen atoms in total. The highest BCUT2D eigenvalue weighted by Gasteiger charge is 2.05. The Morgan fingerprint density at radius 2 is 2.14 bits per heavy atom. The van der Waals surface area contributed by atoms with Crippen LogP contribution in [0.2, 0.25) is 10.3 Å². The van der Waals surface area contributed by atoms with Crippen molar-refractivity contribution in [2.24, 2.45) is 5.92 Å². The summed E-state index contributed by atoms with van der Waals surface area (Å²) in [4.78, 5) is 7.59. The fourth-order valence-electron chi connectivity index (χ4n) is 0.824. The molecular formula is C9H12Cl2N2O. The minimum Gasteiger partial charge on any atom is -0.476 e. The number of aromatic nitrogens is 2. The zero-order valence-electron chi connectivity index (χ0n) is 8.13. The van der Waals surface area contributed by atoms with E-state index in [1.54, 1.807) is 0 Å². The van der Waals surface area contributed by atoms with Gasteiger partial charge in [-0.05, 0) is 23.9 Å². The highest BCUT2D eigenvalue weighted by Crippen LogP contribution is 2.22. The highest BCUT2D eigenvalue weighted by molar-refractivity contribution is 6.32. The molecule has 0 N–H and O–H groups in total. The van der Waals surface area contributed by atoms with Gasteiger partial charge in [-0.25, -0.2) is 4.98 Å². The fourth-order valence-corrected chi connectivity index (χ4v) is 1.09. The van der Waals surface area contributed by atoms with Crippen LogP contribution < -0.4 is 4.74 Å². The summed E-state index contributed by atoms with van der Waals surface area (Å²) in [6.45, 7) is 4.83.